The maximum absolute atomic E-state index is 13.5. The Bertz CT molecular complexity index is 832. The van der Waals surface area contributed by atoms with Gasteiger partial charge in [-0.05, 0) is 31.2 Å². The van der Waals surface area contributed by atoms with Crippen LogP contribution in [0.25, 0.3) is 0 Å². The predicted octanol–water partition coefficient (Wildman–Crippen LogP) is 2.64. The van der Waals surface area contributed by atoms with E-state index in [0.717, 1.165) is 17.7 Å². The van der Waals surface area contributed by atoms with Crippen molar-refractivity contribution in [3.05, 3.63) is 65.2 Å². The van der Waals surface area contributed by atoms with Gasteiger partial charge in [-0.2, -0.15) is 0 Å². The van der Waals surface area contributed by atoms with Crippen molar-refractivity contribution in [2.24, 2.45) is 0 Å². The summed E-state index contributed by atoms with van der Waals surface area (Å²) in [5.74, 6) is -2.09. The van der Waals surface area contributed by atoms with Gasteiger partial charge >= 0.3 is 0 Å². The smallest absolute Gasteiger partial charge is 0.260 e. The minimum atomic E-state index is -0.851. The van der Waals surface area contributed by atoms with Crippen LogP contribution in [0.1, 0.15) is 15.9 Å². The largest absolute Gasteiger partial charge is 0.481 e. The fourth-order valence-corrected chi connectivity index (χ4v) is 2.86. The number of rotatable bonds is 4. The van der Waals surface area contributed by atoms with Gasteiger partial charge in [0.15, 0.2) is 18.2 Å². The van der Waals surface area contributed by atoms with E-state index >= 15 is 0 Å². The van der Waals surface area contributed by atoms with E-state index in [4.69, 9.17) is 4.74 Å². The van der Waals surface area contributed by atoms with E-state index in [-0.39, 0.29) is 24.2 Å². The maximum Gasteiger partial charge on any atom is 0.260 e. The van der Waals surface area contributed by atoms with Crippen molar-refractivity contribution in [2.75, 3.05) is 32.8 Å². The average molecular weight is 374 g/mol. The number of carbonyl (C=O) groups excluding carboxylic acids is 2. The first-order valence-electron chi connectivity index (χ1n) is 8.65. The van der Waals surface area contributed by atoms with Crippen LogP contribution in [-0.4, -0.2) is 54.4 Å². The van der Waals surface area contributed by atoms with Crippen molar-refractivity contribution in [3.63, 3.8) is 0 Å². The number of hydrogen-bond acceptors (Lipinski definition) is 3. The molecule has 0 radical (unpaired) electrons. The molecule has 142 valence electrons. The van der Waals surface area contributed by atoms with Crippen molar-refractivity contribution in [1.29, 1.82) is 0 Å². The number of carbonyl (C=O) groups is 2. The van der Waals surface area contributed by atoms with E-state index in [1.54, 1.807) is 21.9 Å². The van der Waals surface area contributed by atoms with Crippen LogP contribution in [-0.2, 0) is 4.79 Å². The van der Waals surface area contributed by atoms with Gasteiger partial charge in [-0.25, -0.2) is 8.78 Å². The lowest BCUT2D eigenvalue weighted by atomic mass is 10.1. The van der Waals surface area contributed by atoms with E-state index < -0.39 is 11.6 Å². The molecule has 7 heteroatoms. The Labute approximate surface area is 156 Å². The molecule has 1 heterocycles. The zero-order chi connectivity index (χ0) is 19.4. The summed E-state index contributed by atoms with van der Waals surface area (Å²) < 4.78 is 31.6. The number of piperazine rings is 1. The Morgan fingerprint density at radius 1 is 0.963 bits per heavy atom. The lowest BCUT2D eigenvalue weighted by molar-refractivity contribution is -0.134. The second-order valence-corrected chi connectivity index (χ2v) is 6.40. The first kappa shape index (κ1) is 18.8. The molecule has 2 amide bonds. The molecule has 1 saturated heterocycles. The summed E-state index contributed by atoms with van der Waals surface area (Å²) >= 11 is 0. The first-order chi connectivity index (χ1) is 12.9. The van der Waals surface area contributed by atoms with Crippen LogP contribution in [0.2, 0.25) is 0 Å². The number of ether oxygens (including phenoxy) is 1. The van der Waals surface area contributed by atoms with Crippen molar-refractivity contribution >= 4 is 11.8 Å². The highest BCUT2D eigenvalue weighted by atomic mass is 19.1. The van der Waals surface area contributed by atoms with Gasteiger partial charge in [0, 0.05) is 37.8 Å². The van der Waals surface area contributed by atoms with Crippen LogP contribution >= 0.6 is 0 Å². The minimum absolute atomic E-state index is 0.0632. The normalized spacial score (nSPS) is 14.2. The topological polar surface area (TPSA) is 49.9 Å². The van der Waals surface area contributed by atoms with Gasteiger partial charge in [0.2, 0.25) is 0 Å². The molecule has 0 bridgehead atoms. The molecule has 3 rings (SSSR count). The molecule has 1 fully saturated rings. The second-order valence-electron chi connectivity index (χ2n) is 6.40. The summed E-state index contributed by atoms with van der Waals surface area (Å²) in [6, 6.07) is 10.3. The minimum Gasteiger partial charge on any atom is -0.481 e. The molecular formula is C20H20F2N2O3. The number of nitrogens with zero attached hydrogens (tertiary/aromatic N) is 2. The molecule has 0 aromatic heterocycles. The molecule has 27 heavy (non-hydrogen) atoms. The van der Waals surface area contributed by atoms with Gasteiger partial charge in [0.05, 0.1) is 0 Å². The van der Waals surface area contributed by atoms with Gasteiger partial charge in [-0.1, -0.05) is 17.7 Å². The van der Waals surface area contributed by atoms with Gasteiger partial charge in [-0.3, -0.25) is 9.59 Å². The molecule has 1 aliphatic rings. The maximum atomic E-state index is 13.5. The molecule has 0 aliphatic carbocycles. The van der Waals surface area contributed by atoms with E-state index in [1.807, 2.05) is 19.1 Å². The summed E-state index contributed by atoms with van der Waals surface area (Å²) in [5.41, 5.74) is 1.70. The van der Waals surface area contributed by atoms with Crippen molar-refractivity contribution in [1.82, 2.24) is 9.80 Å². The highest BCUT2D eigenvalue weighted by Crippen LogP contribution is 2.18. The van der Waals surface area contributed by atoms with Crippen LogP contribution in [0.4, 0.5) is 8.78 Å². The van der Waals surface area contributed by atoms with Crippen molar-refractivity contribution in [2.45, 2.75) is 6.92 Å². The Morgan fingerprint density at radius 2 is 1.59 bits per heavy atom. The van der Waals surface area contributed by atoms with Gasteiger partial charge < -0.3 is 14.5 Å². The quantitative estimate of drug-likeness (QED) is 0.827. The molecule has 5 nitrogen and oxygen atoms in total. The van der Waals surface area contributed by atoms with Crippen molar-refractivity contribution in [3.8, 4) is 5.75 Å². The standard InChI is InChI=1S/C20H20F2N2O3/c1-14-2-4-15(5-3-14)20(26)24-10-8-23(9-11-24)19(25)13-27-18-7-6-16(21)12-17(18)22/h2-7,12H,8-11,13H2,1H3. The monoisotopic (exact) mass is 374 g/mol. The van der Waals surface area contributed by atoms with Crippen LogP contribution in [0.5, 0.6) is 5.75 Å². The van der Waals surface area contributed by atoms with Gasteiger partial charge in [0.25, 0.3) is 11.8 Å². The number of amides is 2. The van der Waals surface area contributed by atoms with Gasteiger partial charge in [0.1, 0.15) is 5.82 Å². The summed E-state index contributed by atoms with van der Waals surface area (Å²) in [6.07, 6.45) is 0. The third-order valence-electron chi connectivity index (χ3n) is 4.46. The lowest BCUT2D eigenvalue weighted by Crippen LogP contribution is -2.51. The summed E-state index contributed by atoms with van der Waals surface area (Å²) in [6.45, 7) is 3.22. The number of halogens is 2. The van der Waals surface area contributed by atoms with Crippen LogP contribution in [0.3, 0.4) is 0 Å². The molecule has 0 spiro atoms. The van der Waals surface area contributed by atoms with E-state index in [2.05, 4.69) is 0 Å². The van der Waals surface area contributed by atoms with E-state index in [9.17, 15) is 18.4 Å². The number of aryl methyl sites for hydroxylation is 1. The van der Waals surface area contributed by atoms with E-state index in [0.29, 0.717) is 37.8 Å². The second kappa shape index (κ2) is 8.16. The van der Waals surface area contributed by atoms with Crippen LogP contribution < -0.4 is 4.74 Å². The highest BCUT2D eigenvalue weighted by Gasteiger charge is 2.25. The number of benzene rings is 2. The predicted molar refractivity (Wildman–Crippen MR) is 95.5 cm³/mol. The Hall–Kier alpha value is -2.96. The molecule has 0 saturated carbocycles. The van der Waals surface area contributed by atoms with Crippen molar-refractivity contribution < 1.29 is 23.1 Å². The third-order valence-corrected chi connectivity index (χ3v) is 4.46. The molecule has 0 unspecified atom stereocenters. The first-order valence-corrected chi connectivity index (χ1v) is 8.65. The fourth-order valence-electron chi connectivity index (χ4n) is 2.86. The summed E-state index contributed by atoms with van der Waals surface area (Å²) in [7, 11) is 0. The Morgan fingerprint density at radius 3 is 2.22 bits per heavy atom. The Kier molecular flexibility index (Phi) is 5.69. The fraction of sp³-hybridized carbons (Fsp3) is 0.300. The summed E-state index contributed by atoms with van der Waals surface area (Å²) in [4.78, 5) is 28.0. The summed E-state index contributed by atoms with van der Waals surface area (Å²) in [5, 5.41) is 0. The zero-order valence-electron chi connectivity index (χ0n) is 15.0. The van der Waals surface area contributed by atoms with Gasteiger partial charge in [-0.15, -0.1) is 0 Å². The average Bonchev–Trinajstić information content (AvgIpc) is 2.67. The SMILES string of the molecule is Cc1ccc(C(=O)N2CCN(C(=O)COc3ccc(F)cc3F)CC2)cc1. The number of hydrogen-bond donors (Lipinski definition) is 0. The van der Waals surface area contributed by atoms with Crippen LogP contribution in [0, 0.1) is 18.6 Å². The molecule has 2 aromatic carbocycles. The van der Waals surface area contributed by atoms with E-state index in [1.165, 1.54) is 0 Å². The third kappa shape index (κ3) is 4.61. The molecule has 2 aromatic rings. The van der Waals surface area contributed by atoms with Crippen LogP contribution in [0.15, 0.2) is 42.5 Å². The molecular weight excluding hydrogens is 354 g/mol. The lowest BCUT2D eigenvalue weighted by Gasteiger charge is -2.34. The molecule has 0 atom stereocenters. The Balaban J connectivity index is 1.50. The zero-order valence-corrected chi connectivity index (χ0v) is 15.0. The molecule has 1 aliphatic heterocycles. The molecule has 0 N–H and O–H groups in total. The highest BCUT2D eigenvalue weighted by molar-refractivity contribution is 5.94.